The maximum Gasteiger partial charge on any atom is 0.416 e. The molecule has 6 rings (SSSR count). The second kappa shape index (κ2) is 41.9. The number of hydrogen-bond acceptors (Lipinski definition) is 16. The van der Waals surface area contributed by atoms with Crippen molar-refractivity contribution in [1.82, 2.24) is 20.2 Å². The van der Waals surface area contributed by atoms with Crippen LogP contribution >= 0.6 is 0 Å². The van der Waals surface area contributed by atoms with Gasteiger partial charge in [0.05, 0.1) is 73.3 Å². The molecule has 484 valence electrons. The fourth-order valence-electron chi connectivity index (χ4n) is 10.0. The van der Waals surface area contributed by atoms with E-state index in [-0.39, 0.29) is 49.0 Å². The summed E-state index contributed by atoms with van der Waals surface area (Å²) in [5.41, 5.74) is 22.3. The molecule has 0 fully saturated rings. The number of carbonyl (C=O) groups is 3. The number of aliphatic carboxylic acids is 1. The SMILES string of the molecule is CCN=[N+]=[N-].CCOC(=O)C[C@H](NCCCCCc1ccc2c(n1)N(C(=O)OC(C)(C)C)CCC2)c1ccc(OC)c(F)c1.COc1ccc([C@H](CC(=O)O)N(CCCCCc2ccc3c(n2)CCCC3)CCOCCOCCOCCN=[N+]=[N-])cc1F. The fourth-order valence-corrected chi connectivity index (χ4v) is 10.0. The lowest BCUT2D eigenvalue weighted by atomic mass is 9.95. The molecule has 0 spiro atoms. The number of azide groups is 2. The number of carbonyl (C=O) groups excluding carboxylic acids is 2. The van der Waals surface area contributed by atoms with Gasteiger partial charge in [-0.05, 0) is 188 Å². The number of nitrogens with zero attached hydrogens (tertiary/aromatic N) is 10. The Morgan fingerprint density at radius 1 is 0.716 bits per heavy atom. The van der Waals surface area contributed by atoms with Gasteiger partial charge in [0.2, 0.25) is 0 Å². The lowest BCUT2D eigenvalue weighted by molar-refractivity contribution is -0.143. The molecule has 2 aromatic carbocycles. The van der Waals surface area contributed by atoms with E-state index in [1.807, 2.05) is 26.8 Å². The number of carboxylic acids is 1. The van der Waals surface area contributed by atoms with Gasteiger partial charge in [-0.1, -0.05) is 54.3 Å². The maximum absolute atomic E-state index is 14.6. The number of hydrogen-bond donors (Lipinski definition) is 2. The van der Waals surface area contributed by atoms with Gasteiger partial charge in [-0.25, -0.2) is 18.6 Å². The first kappa shape index (κ1) is 73.3. The third-order valence-corrected chi connectivity index (χ3v) is 14.3. The zero-order chi connectivity index (χ0) is 63.9. The molecule has 0 saturated heterocycles. The second-order valence-electron chi connectivity index (χ2n) is 22.0. The molecule has 0 saturated carbocycles. The van der Waals surface area contributed by atoms with E-state index in [4.69, 9.17) is 54.2 Å². The van der Waals surface area contributed by atoms with Crippen LogP contribution in [0.25, 0.3) is 20.9 Å². The van der Waals surface area contributed by atoms with Crippen LogP contribution in [0.5, 0.6) is 11.5 Å². The zero-order valence-electron chi connectivity index (χ0n) is 52.7. The Bertz CT molecular complexity index is 2830. The maximum atomic E-state index is 14.6. The van der Waals surface area contributed by atoms with Gasteiger partial charge in [0.15, 0.2) is 23.1 Å². The van der Waals surface area contributed by atoms with Crippen LogP contribution in [0.1, 0.15) is 157 Å². The number of fused-ring (bicyclic) bond motifs is 2. The minimum atomic E-state index is -0.953. The second-order valence-corrected chi connectivity index (χ2v) is 22.0. The van der Waals surface area contributed by atoms with Crippen molar-refractivity contribution in [3.8, 4) is 11.5 Å². The van der Waals surface area contributed by atoms with Crippen molar-refractivity contribution >= 4 is 23.8 Å². The van der Waals surface area contributed by atoms with Crippen LogP contribution in [0.4, 0.5) is 19.4 Å². The third-order valence-electron chi connectivity index (χ3n) is 14.3. The number of methoxy groups -OCH3 is 2. The Morgan fingerprint density at radius 2 is 1.32 bits per heavy atom. The van der Waals surface area contributed by atoms with Crippen LogP contribution < -0.4 is 19.7 Å². The topological polar surface area (TPSA) is 278 Å². The van der Waals surface area contributed by atoms with Crippen molar-refractivity contribution < 1.29 is 61.4 Å². The standard InChI is InChI=1S/C32H46FN5O6.C30H42FN3O5.C2H5N3/c1-41-31-13-11-26(23-28(31)33)30(24-32(39)40)38(16-18-43-20-22-44-21-19-42-17-14-35-37-34)15-6-2-3-8-27-12-10-25-7-4-5-9-29(25)36-27;1-6-38-27(35)20-25(22-14-16-26(37-5)24(31)19-22)32-17-9-7-8-12-23-15-13-21-11-10-18-34(28(21)33-23)29(36)39-30(2,3)4;1-2-4-5-3/h10-13,23,30H,2-9,14-22,24H2,1H3,(H,39,40);13-16,19,25,32H,6-12,17-18,20H2,1-5H3;2H2,1H3/t30-;25-;/m00./s1. The van der Waals surface area contributed by atoms with Crippen molar-refractivity contribution in [3.63, 3.8) is 0 Å². The first-order valence-electron chi connectivity index (χ1n) is 30.8. The van der Waals surface area contributed by atoms with Crippen molar-refractivity contribution in [2.45, 2.75) is 155 Å². The molecule has 1 amide bonds. The van der Waals surface area contributed by atoms with Gasteiger partial charge in [0, 0.05) is 65.2 Å². The van der Waals surface area contributed by atoms with Crippen LogP contribution in [-0.2, 0) is 65.4 Å². The highest BCUT2D eigenvalue weighted by molar-refractivity contribution is 5.88. The van der Waals surface area contributed by atoms with Gasteiger partial charge >= 0.3 is 18.0 Å². The van der Waals surface area contributed by atoms with E-state index in [9.17, 15) is 28.3 Å². The molecule has 2 atom stereocenters. The number of rotatable bonds is 36. The number of carboxylic acid groups (broad SMARTS) is 1. The monoisotopic (exact) mass is 1230 g/mol. The number of unbranched alkanes of at least 4 members (excludes halogenated alkanes) is 4. The number of halogens is 2. The normalized spacial score (nSPS) is 13.2. The first-order valence-corrected chi connectivity index (χ1v) is 30.8. The summed E-state index contributed by atoms with van der Waals surface area (Å²) in [4.78, 5) is 55.3. The van der Waals surface area contributed by atoms with Gasteiger partial charge in [-0.3, -0.25) is 24.4 Å². The molecule has 1 aliphatic heterocycles. The molecular formula is C64H93F2N11O11. The third kappa shape index (κ3) is 27.9. The van der Waals surface area contributed by atoms with E-state index in [2.05, 4.69) is 48.5 Å². The molecule has 2 aliphatic rings. The quantitative estimate of drug-likeness (QED) is 0.0141. The van der Waals surface area contributed by atoms with Crippen LogP contribution in [0.15, 0.2) is 70.9 Å². The Hall–Kier alpha value is -7.17. The highest BCUT2D eigenvalue weighted by atomic mass is 19.1. The Balaban J connectivity index is 0.000000351. The number of esters is 1. The molecule has 4 aromatic rings. The molecule has 2 N–H and O–H groups in total. The summed E-state index contributed by atoms with van der Waals surface area (Å²) < 4.78 is 66.3. The number of aryl methyl sites for hydroxylation is 5. The molecule has 0 radical (unpaired) electrons. The molecule has 2 aromatic heterocycles. The molecular weight excluding hydrogens is 1140 g/mol. The van der Waals surface area contributed by atoms with Crippen molar-refractivity contribution in [3.05, 3.63) is 133 Å². The number of amides is 1. The number of anilines is 1. The van der Waals surface area contributed by atoms with Gasteiger partial charge in [-0.15, -0.1) is 0 Å². The highest BCUT2D eigenvalue weighted by Gasteiger charge is 2.29. The van der Waals surface area contributed by atoms with Crippen molar-refractivity contribution in [2.24, 2.45) is 10.2 Å². The van der Waals surface area contributed by atoms with Crippen LogP contribution in [-0.4, -0.2) is 143 Å². The Kier molecular flexibility index (Phi) is 34.9. The average Bonchev–Trinajstić information content (AvgIpc) is 3.64. The number of benzene rings is 2. The minimum Gasteiger partial charge on any atom is -0.494 e. The molecule has 22 nitrogen and oxygen atoms in total. The fraction of sp³-hybridized carbons (Fsp3) is 0.609. The summed E-state index contributed by atoms with van der Waals surface area (Å²) in [7, 11) is 2.82. The summed E-state index contributed by atoms with van der Waals surface area (Å²) in [6.07, 6.45) is 13.3. The van der Waals surface area contributed by atoms with Crippen LogP contribution in [0.3, 0.4) is 0 Å². The number of ether oxygens (including phenoxy) is 7. The average molecular weight is 1230 g/mol. The van der Waals surface area contributed by atoms with Gasteiger partial charge in [0.25, 0.3) is 0 Å². The highest BCUT2D eigenvalue weighted by Crippen LogP contribution is 2.31. The molecule has 1 aliphatic carbocycles. The number of aromatic nitrogens is 2. The summed E-state index contributed by atoms with van der Waals surface area (Å²) in [6.45, 7) is 15.0. The van der Waals surface area contributed by atoms with E-state index in [0.717, 1.165) is 94.0 Å². The Morgan fingerprint density at radius 3 is 1.93 bits per heavy atom. The van der Waals surface area contributed by atoms with Crippen LogP contribution in [0, 0.1) is 11.6 Å². The predicted octanol–water partition coefficient (Wildman–Crippen LogP) is 12.9. The molecule has 0 unspecified atom stereocenters. The molecule has 88 heavy (non-hydrogen) atoms. The van der Waals surface area contributed by atoms with E-state index >= 15 is 0 Å². The van der Waals surface area contributed by atoms with Crippen LogP contribution in [0.2, 0.25) is 0 Å². The summed E-state index contributed by atoms with van der Waals surface area (Å²) in [5.74, 6) is -1.27. The molecule has 3 heterocycles. The van der Waals surface area contributed by atoms with E-state index in [0.29, 0.717) is 95.9 Å². The van der Waals surface area contributed by atoms with Gasteiger partial charge in [-0.2, -0.15) is 0 Å². The smallest absolute Gasteiger partial charge is 0.416 e. The van der Waals surface area contributed by atoms with E-state index in [1.54, 1.807) is 36.9 Å². The zero-order valence-corrected chi connectivity index (χ0v) is 52.7. The minimum absolute atomic E-state index is 0.118. The lowest BCUT2D eigenvalue weighted by Gasteiger charge is -2.31. The largest absolute Gasteiger partial charge is 0.494 e. The van der Waals surface area contributed by atoms with E-state index in [1.165, 1.54) is 56.5 Å². The van der Waals surface area contributed by atoms with Gasteiger partial charge < -0.3 is 43.6 Å². The molecule has 0 bridgehead atoms. The summed E-state index contributed by atoms with van der Waals surface area (Å²) in [6, 6.07) is 17.0. The Labute approximate surface area is 517 Å². The summed E-state index contributed by atoms with van der Waals surface area (Å²) >= 11 is 0. The van der Waals surface area contributed by atoms with Crippen molar-refractivity contribution in [2.75, 3.05) is 105 Å². The summed E-state index contributed by atoms with van der Waals surface area (Å²) in [5, 5.41) is 19.7. The predicted molar refractivity (Wildman–Crippen MR) is 333 cm³/mol. The lowest BCUT2D eigenvalue weighted by Crippen LogP contribution is -2.40. The van der Waals surface area contributed by atoms with Gasteiger partial charge in [0.1, 0.15) is 11.4 Å². The number of pyridine rings is 2. The van der Waals surface area contributed by atoms with E-state index < -0.39 is 29.2 Å². The first-order chi connectivity index (χ1) is 42.5. The van der Waals surface area contributed by atoms with Crippen molar-refractivity contribution in [1.29, 1.82) is 0 Å². The molecule has 24 heteroatoms. The number of nitrogens with one attached hydrogen (secondary N) is 1.